The van der Waals surface area contributed by atoms with E-state index in [9.17, 15) is 4.79 Å². The zero-order valence-corrected chi connectivity index (χ0v) is 10.5. The molecule has 1 aliphatic heterocycles. The normalized spacial score (nSPS) is 23.2. The van der Waals surface area contributed by atoms with E-state index in [-0.39, 0.29) is 18.1 Å². The third-order valence-electron chi connectivity index (χ3n) is 2.96. The third-order valence-corrected chi connectivity index (χ3v) is 2.96. The first kappa shape index (κ1) is 13.0. The largest absolute Gasteiger partial charge is 0.364 e. The molecule has 0 saturated carbocycles. The molecular weight excluding hydrogens is 234 g/mol. The van der Waals surface area contributed by atoms with Gasteiger partial charge in [-0.1, -0.05) is 0 Å². The van der Waals surface area contributed by atoms with Crippen LogP contribution in [0.3, 0.4) is 0 Å². The molecule has 2 unspecified atom stereocenters. The molecule has 7 nitrogen and oxygen atoms in total. The maximum absolute atomic E-state index is 11.8. The van der Waals surface area contributed by atoms with E-state index in [1.807, 2.05) is 7.05 Å². The number of amides is 1. The van der Waals surface area contributed by atoms with Gasteiger partial charge in [0.15, 0.2) is 5.82 Å². The molecule has 0 aromatic carbocycles. The number of ether oxygens (including phenoxy) is 1. The smallest absolute Gasteiger partial charge is 0.249 e. The lowest BCUT2D eigenvalue weighted by atomic mass is 10.2. The summed E-state index contributed by atoms with van der Waals surface area (Å²) in [5, 5.41) is 6.97. The number of aryl methyl sites for hydroxylation is 1. The van der Waals surface area contributed by atoms with E-state index in [1.165, 1.54) is 0 Å². The predicted octanol–water partition coefficient (Wildman–Crippen LogP) is -1.02. The SMILES string of the molecule is Cn1cnc(CCNC(=O)C2CCC(CN)O2)n1. The van der Waals surface area contributed by atoms with Crippen molar-refractivity contribution in [3.8, 4) is 0 Å². The molecule has 2 rings (SSSR count). The molecule has 1 aliphatic rings. The average molecular weight is 253 g/mol. The number of aromatic nitrogens is 3. The number of hydrogen-bond donors (Lipinski definition) is 2. The van der Waals surface area contributed by atoms with Gasteiger partial charge in [0.2, 0.25) is 5.91 Å². The number of nitrogens with two attached hydrogens (primary N) is 1. The van der Waals surface area contributed by atoms with Gasteiger partial charge in [0.25, 0.3) is 0 Å². The van der Waals surface area contributed by atoms with Crippen LogP contribution >= 0.6 is 0 Å². The van der Waals surface area contributed by atoms with Crippen molar-refractivity contribution in [3.05, 3.63) is 12.2 Å². The second kappa shape index (κ2) is 5.92. The predicted molar refractivity (Wildman–Crippen MR) is 64.7 cm³/mol. The molecule has 0 radical (unpaired) electrons. The Morgan fingerprint density at radius 2 is 2.50 bits per heavy atom. The van der Waals surface area contributed by atoms with Crippen LogP contribution in [0, 0.1) is 0 Å². The van der Waals surface area contributed by atoms with Crippen LogP contribution in [0.2, 0.25) is 0 Å². The summed E-state index contributed by atoms with van der Waals surface area (Å²) in [5.41, 5.74) is 5.50. The highest BCUT2D eigenvalue weighted by atomic mass is 16.5. The number of carbonyl (C=O) groups excluding carboxylic acids is 1. The van der Waals surface area contributed by atoms with Gasteiger partial charge in [0, 0.05) is 26.6 Å². The van der Waals surface area contributed by atoms with Gasteiger partial charge in [-0.25, -0.2) is 4.98 Å². The van der Waals surface area contributed by atoms with Crippen LogP contribution in [0.15, 0.2) is 6.33 Å². The molecule has 0 bridgehead atoms. The Morgan fingerprint density at radius 3 is 3.11 bits per heavy atom. The van der Waals surface area contributed by atoms with Crippen LogP contribution in [-0.2, 0) is 23.0 Å². The van der Waals surface area contributed by atoms with Crippen LogP contribution in [0.25, 0.3) is 0 Å². The molecule has 7 heteroatoms. The van der Waals surface area contributed by atoms with Crippen molar-refractivity contribution in [1.29, 1.82) is 0 Å². The molecule has 0 aliphatic carbocycles. The van der Waals surface area contributed by atoms with Gasteiger partial charge in [-0.15, -0.1) is 0 Å². The minimum Gasteiger partial charge on any atom is -0.364 e. The Kier molecular flexibility index (Phi) is 4.27. The molecule has 2 atom stereocenters. The molecule has 0 spiro atoms. The molecule has 1 saturated heterocycles. The summed E-state index contributed by atoms with van der Waals surface area (Å²) >= 11 is 0. The quantitative estimate of drug-likeness (QED) is 0.700. The Bertz CT molecular complexity index is 406. The monoisotopic (exact) mass is 253 g/mol. The van der Waals surface area contributed by atoms with Gasteiger partial charge >= 0.3 is 0 Å². The van der Waals surface area contributed by atoms with Gasteiger partial charge in [-0.3, -0.25) is 9.48 Å². The number of rotatable bonds is 5. The summed E-state index contributed by atoms with van der Waals surface area (Å²) in [6, 6.07) is 0. The first-order chi connectivity index (χ1) is 8.69. The van der Waals surface area contributed by atoms with Crippen LogP contribution in [-0.4, -0.2) is 46.0 Å². The van der Waals surface area contributed by atoms with Gasteiger partial charge in [-0.05, 0) is 12.8 Å². The Labute approximate surface area is 106 Å². The van der Waals surface area contributed by atoms with E-state index in [4.69, 9.17) is 10.5 Å². The van der Waals surface area contributed by atoms with Gasteiger partial charge < -0.3 is 15.8 Å². The van der Waals surface area contributed by atoms with Crippen molar-refractivity contribution in [2.45, 2.75) is 31.5 Å². The summed E-state index contributed by atoms with van der Waals surface area (Å²) in [6.45, 7) is 0.998. The second-order valence-corrected chi connectivity index (χ2v) is 4.44. The van der Waals surface area contributed by atoms with E-state index in [0.717, 1.165) is 18.7 Å². The van der Waals surface area contributed by atoms with E-state index in [0.29, 0.717) is 19.5 Å². The number of carbonyl (C=O) groups is 1. The first-order valence-electron chi connectivity index (χ1n) is 6.17. The summed E-state index contributed by atoms with van der Waals surface area (Å²) in [7, 11) is 1.81. The summed E-state index contributed by atoms with van der Waals surface area (Å²) in [5.74, 6) is 0.659. The molecular formula is C11H19N5O2. The minimum atomic E-state index is -0.352. The zero-order chi connectivity index (χ0) is 13.0. The molecule has 1 amide bonds. The Hall–Kier alpha value is -1.47. The maximum Gasteiger partial charge on any atom is 0.249 e. The van der Waals surface area contributed by atoms with Crippen LogP contribution in [0.1, 0.15) is 18.7 Å². The van der Waals surface area contributed by atoms with Crippen molar-refractivity contribution in [2.75, 3.05) is 13.1 Å². The lowest BCUT2D eigenvalue weighted by Gasteiger charge is -2.12. The highest BCUT2D eigenvalue weighted by Crippen LogP contribution is 2.18. The molecule has 1 fully saturated rings. The van der Waals surface area contributed by atoms with Crippen molar-refractivity contribution < 1.29 is 9.53 Å². The Morgan fingerprint density at radius 1 is 1.67 bits per heavy atom. The molecule has 1 aromatic heterocycles. The third kappa shape index (κ3) is 3.27. The number of nitrogens with one attached hydrogen (secondary N) is 1. The zero-order valence-electron chi connectivity index (χ0n) is 10.5. The summed E-state index contributed by atoms with van der Waals surface area (Å²) < 4.78 is 7.15. The van der Waals surface area contributed by atoms with E-state index in [2.05, 4.69) is 15.4 Å². The van der Waals surface area contributed by atoms with Crippen LogP contribution < -0.4 is 11.1 Å². The van der Waals surface area contributed by atoms with Gasteiger partial charge in [0.1, 0.15) is 12.4 Å². The van der Waals surface area contributed by atoms with Crippen molar-refractivity contribution in [3.63, 3.8) is 0 Å². The van der Waals surface area contributed by atoms with E-state index < -0.39 is 0 Å². The topological polar surface area (TPSA) is 95.1 Å². The summed E-state index contributed by atoms with van der Waals surface area (Å²) in [4.78, 5) is 15.9. The minimum absolute atomic E-state index is 0.0261. The van der Waals surface area contributed by atoms with E-state index >= 15 is 0 Å². The lowest BCUT2D eigenvalue weighted by molar-refractivity contribution is -0.131. The highest BCUT2D eigenvalue weighted by molar-refractivity contribution is 5.81. The van der Waals surface area contributed by atoms with Crippen molar-refractivity contribution >= 4 is 5.91 Å². The Balaban J connectivity index is 1.69. The van der Waals surface area contributed by atoms with Crippen molar-refractivity contribution in [2.24, 2.45) is 12.8 Å². The molecule has 1 aromatic rings. The number of hydrogen-bond acceptors (Lipinski definition) is 5. The number of nitrogens with zero attached hydrogens (tertiary/aromatic N) is 3. The maximum atomic E-state index is 11.8. The van der Waals surface area contributed by atoms with Crippen LogP contribution in [0.4, 0.5) is 0 Å². The van der Waals surface area contributed by atoms with Crippen LogP contribution in [0.5, 0.6) is 0 Å². The molecule has 2 heterocycles. The fraction of sp³-hybridized carbons (Fsp3) is 0.727. The fourth-order valence-electron chi connectivity index (χ4n) is 1.98. The standard InChI is InChI=1S/C11H19N5O2/c1-16-7-14-10(15-16)4-5-13-11(17)9-3-2-8(6-12)18-9/h7-9H,2-6,12H2,1H3,(H,13,17). The van der Waals surface area contributed by atoms with Gasteiger partial charge in [0.05, 0.1) is 6.10 Å². The van der Waals surface area contributed by atoms with E-state index in [1.54, 1.807) is 11.0 Å². The lowest BCUT2D eigenvalue weighted by Crippen LogP contribution is -2.36. The molecule has 18 heavy (non-hydrogen) atoms. The second-order valence-electron chi connectivity index (χ2n) is 4.44. The highest BCUT2D eigenvalue weighted by Gasteiger charge is 2.29. The van der Waals surface area contributed by atoms with Gasteiger partial charge in [-0.2, -0.15) is 5.10 Å². The fourth-order valence-corrected chi connectivity index (χ4v) is 1.98. The molecule has 3 N–H and O–H groups in total. The van der Waals surface area contributed by atoms with Crippen molar-refractivity contribution in [1.82, 2.24) is 20.1 Å². The summed E-state index contributed by atoms with van der Waals surface area (Å²) in [6.07, 6.45) is 3.54. The molecule has 100 valence electrons. The average Bonchev–Trinajstić information content (AvgIpc) is 2.98. The first-order valence-corrected chi connectivity index (χ1v) is 6.17.